The third-order valence-corrected chi connectivity index (χ3v) is 2.54. The van der Waals surface area contributed by atoms with Crippen molar-refractivity contribution in [2.45, 2.75) is 33.7 Å². The Morgan fingerprint density at radius 3 is 2.29 bits per heavy atom. The molecule has 0 bridgehead atoms. The van der Waals surface area contributed by atoms with Crippen molar-refractivity contribution in [3.8, 4) is 0 Å². The van der Waals surface area contributed by atoms with Crippen LogP contribution >= 0.6 is 0 Å². The Morgan fingerprint density at radius 1 is 1.24 bits per heavy atom. The molecule has 0 saturated carbocycles. The molecule has 2 amide bonds. The minimum absolute atomic E-state index is 0.00369. The fourth-order valence-electron chi connectivity index (χ4n) is 1.10. The molecule has 1 atom stereocenters. The number of carbonyl (C=O) groups is 2. The minimum atomic E-state index is -0.344. The quantitative estimate of drug-likeness (QED) is 0.672. The lowest BCUT2D eigenvalue weighted by Gasteiger charge is -2.18. The lowest BCUT2D eigenvalue weighted by Crippen LogP contribution is -2.46. The van der Waals surface area contributed by atoms with Gasteiger partial charge in [0, 0.05) is 20.1 Å². The van der Waals surface area contributed by atoms with Crippen LogP contribution in [0.4, 0.5) is 0 Å². The monoisotopic (exact) mass is 243 g/mol. The molecule has 0 aliphatic rings. The molecular weight excluding hydrogens is 218 g/mol. The summed E-state index contributed by atoms with van der Waals surface area (Å²) in [5.74, 6) is 0.362. The summed E-state index contributed by atoms with van der Waals surface area (Å²) in [6, 6.07) is -0.344. The predicted octanol–water partition coefficient (Wildman–Crippen LogP) is 0.215. The molecule has 17 heavy (non-hydrogen) atoms. The number of nitrogens with zero attached hydrogens (tertiary/aromatic N) is 1. The van der Waals surface area contributed by atoms with E-state index < -0.39 is 0 Å². The lowest BCUT2D eigenvalue weighted by molar-refractivity contribution is -0.129. The van der Waals surface area contributed by atoms with Crippen molar-refractivity contribution in [3.05, 3.63) is 0 Å². The summed E-state index contributed by atoms with van der Waals surface area (Å²) < 4.78 is 0. The van der Waals surface area contributed by atoms with Crippen molar-refractivity contribution in [3.63, 3.8) is 0 Å². The summed E-state index contributed by atoms with van der Waals surface area (Å²) >= 11 is 0. The Hall–Kier alpha value is -1.10. The largest absolute Gasteiger partial charge is 0.354 e. The van der Waals surface area contributed by atoms with Crippen LogP contribution in [0.15, 0.2) is 0 Å². The topological polar surface area (TPSA) is 61.4 Å². The maximum atomic E-state index is 11.6. The van der Waals surface area contributed by atoms with Gasteiger partial charge in [0.25, 0.3) is 0 Å². The third-order valence-electron chi connectivity index (χ3n) is 2.54. The molecule has 0 spiro atoms. The number of nitrogens with one attached hydrogen (secondary N) is 2. The van der Waals surface area contributed by atoms with Crippen LogP contribution in [0, 0.1) is 5.92 Å². The fourth-order valence-corrected chi connectivity index (χ4v) is 1.10. The SMILES string of the molecule is CCN(C)C(=O)CNC(C)C(=O)NCC(C)C. The molecule has 0 radical (unpaired) electrons. The van der Waals surface area contributed by atoms with Gasteiger partial charge in [-0.25, -0.2) is 0 Å². The standard InChI is InChI=1S/C12H25N3O2/c1-6-15(5)11(16)8-13-10(4)12(17)14-7-9(2)3/h9-10,13H,6-8H2,1-5H3,(H,14,17). The zero-order chi connectivity index (χ0) is 13.4. The Balaban J connectivity index is 3.89. The molecule has 5 nitrogen and oxygen atoms in total. The molecule has 0 rings (SSSR count). The van der Waals surface area contributed by atoms with Gasteiger partial charge in [-0.15, -0.1) is 0 Å². The summed E-state index contributed by atoms with van der Waals surface area (Å²) in [7, 11) is 1.74. The molecule has 0 aliphatic heterocycles. The van der Waals surface area contributed by atoms with Crippen molar-refractivity contribution in [2.75, 3.05) is 26.7 Å². The van der Waals surface area contributed by atoms with Gasteiger partial charge >= 0.3 is 0 Å². The summed E-state index contributed by atoms with van der Waals surface area (Å²) in [5, 5.41) is 5.74. The molecule has 0 heterocycles. The first-order valence-corrected chi connectivity index (χ1v) is 6.13. The third kappa shape index (κ3) is 6.94. The second kappa shape index (κ2) is 8.06. The van der Waals surface area contributed by atoms with Crippen LogP contribution in [-0.4, -0.2) is 49.4 Å². The Morgan fingerprint density at radius 2 is 1.82 bits per heavy atom. The molecule has 2 N–H and O–H groups in total. The van der Waals surface area contributed by atoms with Crippen LogP contribution < -0.4 is 10.6 Å². The average molecular weight is 243 g/mol. The number of rotatable bonds is 7. The molecule has 1 unspecified atom stereocenters. The number of hydrogen-bond acceptors (Lipinski definition) is 3. The van der Waals surface area contributed by atoms with Crippen LogP contribution in [0.5, 0.6) is 0 Å². The van der Waals surface area contributed by atoms with Gasteiger partial charge in [-0.3, -0.25) is 14.9 Å². The van der Waals surface area contributed by atoms with Crippen molar-refractivity contribution < 1.29 is 9.59 Å². The molecular formula is C12H25N3O2. The van der Waals surface area contributed by atoms with Crippen molar-refractivity contribution in [1.29, 1.82) is 0 Å². The molecule has 100 valence electrons. The summed E-state index contributed by atoms with van der Waals surface area (Å²) in [5.41, 5.74) is 0. The van der Waals surface area contributed by atoms with Gasteiger partial charge in [-0.05, 0) is 19.8 Å². The van der Waals surface area contributed by atoms with Gasteiger partial charge in [0.15, 0.2) is 0 Å². The second-order valence-corrected chi connectivity index (χ2v) is 4.65. The normalized spacial score (nSPS) is 12.4. The van der Waals surface area contributed by atoms with Gasteiger partial charge < -0.3 is 10.2 Å². The van der Waals surface area contributed by atoms with Gasteiger partial charge in [0.1, 0.15) is 0 Å². The lowest BCUT2D eigenvalue weighted by atomic mass is 10.2. The van der Waals surface area contributed by atoms with Crippen molar-refractivity contribution in [1.82, 2.24) is 15.5 Å². The van der Waals surface area contributed by atoms with Crippen LogP contribution in [0.2, 0.25) is 0 Å². The maximum absolute atomic E-state index is 11.6. The predicted molar refractivity (Wildman–Crippen MR) is 68.6 cm³/mol. The van der Waals surface area contributed by atoms with Crippen LogP contribution in [0.1, 0.15) is 27.7 Å². The van der Waals surface area contributed by atoms with E-state index in [9.17, 15) is 9.59 Å². The van der Waals surface area contributed by atoms with E-state index in [0.29, 0.717) is 19.0 Å². The van der Waals surface area contributed by atoms with Crippen LogP contribution in [0.25, 0.3) is 0 Å². The van der Waals surface area contributed by atoms with E-state index >= 15 is 0 Å². The molecule has 0 fully saturated rings. The maximum Gasteiger partial charge on any atom is 0.236 e. The van der Waals surface area contributed by atoms with E-state index in [2.05, 4.69) is 10.6 Å². The first-order chi connectivity index (χ1) is 7.88. The molecule has 0 aliphatic carbocycles. The van der Waals surface area contributed by atoms with Gasteiger partial charge in [0.2, 0.25) is 11.8 Å². The van der Waals surface area contributed by atoms with Gasteiger partial charge in [0.05, 0.1) is 12.6 Å². The molecule has 0 aromatic rings. The number of hydrogen-bond donors (Lipinski definition) is 2. The van der Waals surface area contributed by atoms with E-state index in [4.69, 9.17) is 0 Å². The van der Waals surface area contributed by atoms with Crippen LogP contribution in [-0.2, 0) is 9.59 Å². The fraction of sp³-hybridized carbons (Fsp3) is 0.833. The van der Waals surface area contributed by atoms with Crippen LogP contribution in [0.3, 0.4) is 0 Å². The van der Waals surface area contributed by atoms with E-state index in [0.717, 1.165) is 0 Å². The first kappa shape index (κ1) is 15.9. The number of amides is 2. The van der Waals surface area contributed by atoms with Gasteiger partial charge in [-0.1, -0.05) is 13.8 Å². The molecule has 0 aromatic carbocycles. The Labute approximate surface area is 104 Å². The first-order valence-electron chi connectivity index (χ1n) is 6.13. The second-order valence-electron chi connectivity index (χ2n) is 4.65. The molecule has 5 heteroatoms. The van der Waals surface area contributed by atoms with E-state index in [-0.39, 0.29) is 24.4 Å². The van der Waals surface area contributed by atoms with Crippen molar-refractivity contribution >= 4 is 11.8 Å². The number of likely N-dealkylation sites (N-methyl/N-ethyl adjacent to an activating group) is 1. The summed E-state index contributed by atoms with van der Waals surface area (Å²) in [6.45, 7) is 9.28. The summed E-state index contributed by atoms with van der Waals surface area (Å²) in [4.78, 5) is 24.7. The van der Waals surface area contributed by atoms with E-state index in [1.807, 2.05) is 20.8 Å². The number of carbonyl (C=O) groups excluding carboxylic acids is 2. The van der Waals surface area contributed by atoms with Crippen molar-refractivity contribution in [2.24, 2.45) is 5.92 Å². The zero-order valence-electron chi connectivity index (χ0n) is 11.5. The highest BCUT2D eigenvalue weighted by molar-refractivity contribution is 5.83. The van der Waals surface area contributed by atoms with E-state index in [1.54, 1.807) is 18.9 Å². The minimum Gasteiger partial charge on any atom is -0.354 e. The zero-order valence-corrected chi connectivity index (χ0v) is 11.5. The average Bonchev–Trinajstić information content (AvgIpc) is 2.31. The molecule has 0 aromatic heterocycles. The van der Waals surface area contributed by atoms with Gasteiger partial charge in [-0.2, -0.15) is 0 Å². The summed E-state index contributed by atoms with van der Waals surface area (Å²) in [6.07, 6.45) is 0. The van der Waals surface area contributed by atoms with E-state index in [1.165, 1.54) is 0 Å². The highest BCUT2D eigenvalue weighted by Gasteiger charge is 2.14. The Bertz CT molecular complexity index is 254. The highest BCUT2D eigenvalue weighted by Crippen LogP contribution is 1.90. The smallest absolute Gasteiger partial charge is 0.236 e. The Kier molecular flexibility index (Phi) is 7.54. The molecule has 0 saturated heterocycles. The highest BCUT2D eigenvalue weighted by atomic mass is 16.2.